The van der Waals surface area contributed by atoms with Crippen molar-refractivity contribution < 1.29 is 14.9 Å². The van der Waals surface area contributed by atoms with Gasteiger partial charge in [0.2, 0.25) is 5.88 Å². The Balaban J connectivity index is 1.63. The quantitative estimate of drug-likeness (QED) is 0.685. The molecule has 1 heterocycles. The lowest BCUT2D eigenvalue weighted by Crippen LogP contribution is -2.45. The number of aliphatic hydroxyl groups is 2. The molecule has 1 aromatic rings. The first-order chi connectivity index (χ1) is 8.75. The number of hydrogen-bond acceptors (Lipinski definition) is 7. The van der Waals surface area contributed by atoms with Gasteiger partial charge in [0.15, 0.2) is 0 Å². The van der Waals surface area contributed by atoms with Gasteiger partial charge in [-0.2, -0.15) is 4.37 Å². The maximum absolute atomic E-state index is 9.77. The summed E-state index contributed by atoms with van der Waals surface area (Å²) in [5, 5.41) is 22.7. The number of hydrogen-bond donors (Lipinski definition) is 3. The zero-order valence-electron chi connectivity index (χ0n) is 10.2. The van der Waals surface area contributed by atoms with E-state index in [1.807, 2.05) is 0 Å². The molecule has 1 saturated carbocycles. The maximum Gasteiger partial charge on any atom is 0.245 e. The van der Waals surface area contributed by atoms with Crippen molar-refractivity contribution >= 4 is 11.7 Å². The van der Waals surface area contributed by atoms with Crippen LogP contribution in [0.2, 0.25) is 0 Å². The van der Waals surface area contributed by atoms with E-state index < -0.39 is 6.10 Å². The molecule has 1 fully saturated rings. The summed E-state index contributed by atoms with van der Waals surface area (Å²) in [7, 11) is 0. The summed E-state index contributed by atoms with van der Waals surface area (Å²) in [6.45, 7) is 0.598. The molecule has 0 saturated heterocycles. The highest BCUT2D eigenvalue weighted by molar-refractivity contribution is 6.99. The van der Waals surface area contributed by atoms with Crippen LogP contribution in [0.15, 0.2) is 6.20 Å². The van der Waals surface area contributed by atoms with Gasteiger partial charge in [-0.3, -0.25) is 0 Å². The van der Waals surface area contributed by atoms with Crippen LogP contribution in [0.3, 0.4) is 0 Å². The third kappa shape index (κ3) is 4.16. The smallest absolute Gasteiger partial charge is 0.245 e. The lowest BCUT2D eigenvalue weighted by molar-refractivity contribution is 0.0666. The summed E-state index contributed by atoms with van der Waals surface area (Å²) >= 11 is 1.07. The first-order valence-electron chi connectivity index (χ1n) is 6.25. The number of aromatic nitrogens is 2. The van der Waals surface area contributed by atoms with Gasteiger partial charge in [0.25, 0.3) is 0 Å². The molecule has 7 heteroatoms. The number of ether oxygens (including phenoxy) is 1. The van der Waals surface area contributed by atoms with Gasteiger partial charge < -0.3 is 20.3 Å². The van der Waals surface area contributed by atoms with Gasteiger partial charge in [0, 0.05) is 12.6 Å². The third-order valence-corrected chi connectivity index (χ3v) is 3.57. The Morgan fingerprint density at radius 3 is 3.06 bits per heavy atom. The van der Waals surface area contributed by atoms with E-state index in [0.717, 1.165) is 37.4 Å². The highest BCUT2D eigenvalue weighted by Gasteiger charge is 2.23. The number of aliphatic hydroxyl groups excluding tert-OH is 2. The maximum atomic E-state index is 9.77. The highest BCUT2D eigenvalue weighted by atomic mass is 32.1. The minimum Gasteiger partial charge on any atom is -0.473 e. The molecule has 3 unspecified atom stereocenters. The summed E-state index contributed by atoms with van der Waals surface area (Å²) in [5.74, 6) is 0.441. The molecule has 0 amide bonds. The van der Waals surface area contributed by atoms with Gasteiger partial charge in [0.05, 0.1) is 17.8 Å². The molecular formula is C11H19N3O3S. The number of nitrogens with zero attached hydrogens (tertiary/aromatic N) is 2. The number of rotatable bonds is 6. The van der Waals surface area contributed by atoms with Crippen LogP contribution < -0.4 is 10.1 Å². The first kappa shape index (κ1) is 13.7. The average molecular weight is 273 g/mol. The Bertz CT molecular complexity index is 336. The van der Waals surface area contributed by atoms with Crippen LogP contribution in [0.1, 0.15) is 25.7 Å². The Morgan fingerprint density at radius 2 is 2.33 bits per heavy atom. The van der Waals surface area contributed by atoms with Crippen LogP contribution in [-0.4, -0.2) is 50.4 Å². The van der Waals surface area contributed by atoms with E-state index in [1.54, 1.807) is 0 Å². The second kappa shape index (κ2) is 6.98. The monoisotopic (exact) mass is 273 g/mol. The summed E-state index contributed by atoms with van der Waals surface area (Å²) in [4.78, 5) is 0. The van der Waals surface area contributed by atoms with Crippen molar-refractivity contribution in [3.63, 3.8) is 0 Å². The second-order valence-electron chi connectivity index (χ2n) is 4.58. The lowest BCUT2D eigenvalue weighted by atomic mass is 9.92. The van der Waals surface area contributed by atoms with Crippen molar-refractivity contribution in [2.24, 2.45) is 0 Å². The molecule has 6 nitrogen and oxygen atoms in total. The predicted octanol–water partition coefficient (Wildman–Crippen LogP) is 0.171. The van der Waals surface area contributed by atoms with E-state index in [4.69, 9.17) is 4.74 Å². The molecule has 2 rings (SSSR count). The van der Waals surface area contributed by atoms with Gasteiger partial charge >= 0.3 is 0 Å². The molecule has 0 aliphatic heterocycles. The summed E-state index contributed by atoms with van der Waals surface area (Å²) in [6.07, 6.45) is 4.64. The predicted molar refractivity (Wildman–Crippen MR) is 67.7 cm³/mol. The van der Waals surface area contributed by atoms with Crippen molar-refractivity contribution in [1.29, 1.82) is 0 Å². The van der Waals surface area contributed by atoms with Gasteiger partial charge in [-0.15, -0.1) is 4.37 Å². The largest absolute Gasteiger partial charge is 0.473 e. The van der Waals surface area contributed by atoms with E-state index in [1.165, 1.54) is 6.20 Å². The van der Waals surface area contributed by atoms with Gasteiger partial charge in [-0.05, 0) is 12.8 Å². The first-order valence-corrected chi connectivity index (χ1v) is 6.98. The van der Waals surface area contributed by atoms with Gasteiger partial charge in [-0.25, -0.2) is 0 Å². The molecule has 102 valence electrons. The third-order valence-electron chi connectivity index (χ3n) is 3.11. The van der Waals surface area contributed by atoms with E-state index in [-0.39, 0.29) is 18.8 Å². The van der Waals surface area contributed by atoms with Crippen molar-refractivity contribution in [2.45, 2.75) is 43.9 Å². The fraction of sp³-hybridized carbons (Fsp3) is 0.818. The van der Waals surface area contributed by atoms with Crippen molar-refractivity contribution in [3.05, 3.63) is 6.20 Å². The standard InChI is InChI=1S/C11H19N3O3S/c15-8(7-17-11-6-13-18-14-11)5-12-9-3-1-2-4-10(9)16/h6,8-10,12,15-16H,1-5,7H2. The molecule has 1 aromatic heterocycles. The molecule has 1 aliphatic carbocycles. The van der Waals surface area contributed by atoms with Crippen molar-refractivity contribution in [1.82, 2.24) is 14.1 Å². The second-order valence-corrected chi connectivity index (χ2v) is 5.13. The van der Waals surface area contributed by atoms with Crippen LogP contribution in [0.5, 0.6) is 5.88 Å². The fourth-order valence-corrected chi connectivity index (χ4v) is 2.46. The Labute approximate surface area is 110 Å². The lowest BCUT2D eigenvalue weighted by Gasteiger charge is -2.29. The average Bonchev–Trinajstić information content (AvgIpc) is 2.88. The summed E-state index contributed by atoms with van der Waals surface area (Å²) < 4.78 is 13.0. The highest BCUT2D eigenvalue weighted by Crippen LogP contribution is 2.18. The number of nitrogens with one attached hydrogen (secondary N) is 1. The molecule has 18 heavy (non-hydrogen) atoms. The summed E-state index contributed by atoms with van der Waals surface area (Å²) in [5.41, 5.74) is 0. The van der Waals surface area contributed by atoms with E-state index >= 15 is 0 Å². The molecule has 3 atom stereocenters. The molecule has 0 aromatic carbocycles. The zero-order valence-corrected chi connectivity index (χ0v) is 11.0. The molecule has 0 radical (unpaired) electrons. The van der Waals surface area contributed by atoms with Gasteiger partial charge in [0.1, 0.15) is 18.9 Å². The van der Waals surface area contributed by atoms with Crippen LogP contribution in [-0.2, 0) is 0 Å². The Morgan fingerprint density at radius 1 is 1.50 bits per heavy atom. The fourth-order valence-electron chi connectivity index (χ4n) is 2.10. The topological polar surface area (TPSA) is 87.5 Å². The van der Waals surface area contributed by atoms with E-state index in [9.17, 15) is 10.2 Å². The molecule has 1 aliphatic rings. The van der Waals surface area contributed by atoms with Crippen molar-refractivity contribution in [3.8, 4) is 5.88 Å². The SMILES string of the molecule is OC(CNC1CCCCC1O)COc1cnsn1. The van der Waals surface area contributed by atoms with E-state index in [2.05, 4.69) is 14.1 Å². The van der Waals surface area contributed by atoms with Crippen LogP contribution in [0, 0.1) is 0 Å². The molecule has 0 spiro atoms. The molecular weight excluding hydrogens is 254 g/mol. The van der Waals surface area contributed by atoms with E-state index in [0.29, 0.717) is 12.4 Å². The van der Waals surface area contributed by atoms with Crippen LogP contribution in [0.4, 0.5) is 0 Å². The van der Waals surface area contributed by atoms with Crippen LogP contribution in [0.25, 0.3) is 0 Å². The Kier molecular flexibility index (Phi) is 5.30. The minimum absolute atomic E-state index is 0.0920. The van der Waals surface area contributed by atoms with Gasteiger partial charge in [-0.1, -0.05) is 12.8 Å². The molecule has 0 bridgehead atoms. The normalized spacial score (nSPS) is 25.9. The zero-order chi connectivity index (χ0) is 12.8. The molecule has 3 N–H and O–H groups in total. The van der Waals surface area contributed by atoms with Crippen LogP contribution >= 0.6 is 11.7 Å². The Hall–Kier alpha value is -0.760. The van der Waals surface area contributed by atoms with Crippen molar-refractivity contribution in [2.75, 3.05) is 13.2 Å². The minimum atomic E-state index is -0.610. The summed E-state index contributed by atoms with van der Waals surface area (Å²) in [6, 6.07) is 0.0920.